The molecule has 4 nitrogen and oxygen atoms in total. The van der Waals surface area contributed by atoms with Crippen LogP contribution in [0.25, 0.3) is 0 Å². The van der Waals surface area contributed by atoms with Crippen LogP contribution in [-0.2, 0) is 10.1 Å². The number of rotatable bonds is 5. The fourth-order valence-corrected chi connectivity index (χ4v) is 2.05. The van der Waals surface area contributed by atoms with Crippen LogP contribution in [0, 0.1) is 0 Å². The molecule has 0 N–H and O–H groups in total. The Labute approximate surface area is 117 Å². The Morgan fingerprint density at radius 3 is 2.30 bits per heavy atom. The van der Waals surface area contributed by atoms with Gasteiger partial charge in [-0.25, -0.2) is 0 Å². The van der Waals surface area contributed by atoms with E-state index in [1.54, 1.807) is 36.4 Å². The number of carbonyl (C=O) groups is 1. The molecule has 2 aromatic carbocycles. The highest BCUT2D eigenvalue weighted by atomic mass is 32.2. The van der Waals surface area contributed by atoms with E-state index in [0.29, 0.717) is 16.5 Å². The minimum Gasteiger partial charge on any atom is -0.379 e. The van der Waals surface area contributed by atoms with Crippen molar-refractivity contribution in [2.45, 2.75) is 0 Å². The molecule has 0 aromatic heterocycles. The van der Waals surface area contributed by atoms with Gasteiger partial charge in [0.2, 0.25) is 0 Å². The molecule has 0 atom stereocenters. The molecular formula is C15H12O4S. The van der Waals surface area contributed by atoms with Crippen LogP contribution in [0.1, 0.15) is 15.9 Å². The Kier molecular flexibility index (Phi) is 4.00. The van der Waals surface area contributed by atoms with Crippen molar-refractivity contribution in [1.29, 1.82) is 0 Å². The summed E-state index contributed by atoms with van der Waals surface area (Å²) in [5, 5.41) is 0.707. The van der Waals surface area contributed by atoms with Gasteiger partial charge in [-0.05, 0) is 12.1 Å². The molecule has 0 spiro atoms. The summed E-state index contributed by atoms with van der Waals surface area (Å²) < 4.78 is 27.4. The van der Waals surface area contributed by atoms with Crippen LogP contribution in [-0.4, -0.2) is 14.2 Å². The molecule has 0 aliphatic rings. The van der Waals surface area contributed by atoms with Gasteiger partial charge in [-0.2, -0.15) is 8.42 Å². The molecule has 2 rings (SSSR count). The number of benzene rings is 2. The SMILES string of the molecule is C=CS(=O)(=O)Oc1cccc(C(=O)c2ccccc2)c1. The third-order valence-corrected chi connectivity index (χ3v) is 3.38. The molecule has 0 radical (unpaired) electrons. The summed E-state index contributed by atoms with van der Waals surface area (Å²) >= 11 is 0. The van der Waals surface area contributed by atoms with Gasteiger partial charge in [0.25, 0.3) is 0 Å². The van der Waals surface area contributed by atoms with E-state index in [0.717, 1.165) is 0 Å². The van der Waals surface area contributed by atoms with Gasteiger partial charge in [0.05, 0.1) is 5.41 Å². The molecule has 0 fully saturated rings. The highest BCUT2D eigenvalue weighted by molar-refractivity contribution is 7.90. The topological polar surface area (TPSA) is 60.4 Å². The summed E-state index contributed by atoms with van der Waals surface area (Å²) in [6, 6.07) is 14.7. The van der Waals surface area contributed by atoms with Crippen LogP contribution in [0.4, 0.5) is 0 Å². The first-order valence-electron chi connectivity index (χ1n) is 5.78. The normalized spacial score (nSPS) is 10.8. The van der Waals surface area contributed by atoms with E-state index < -0.39 is 10.1 Å². The lowest BCUT2D eigenvalue weighted by Gasteiger charge is -2.05. The Hall–Kier alpha value is -2.40. The summed E-state index contributed by atoms with van der Waals surface area (Å²) in [4.78, 5) is 12.2. The molecule has 0 aliphatic heterocycles. The van der Waals surface area contributed by atoms with Crippen molar-refractivity contribution >= 4 is 15.9 Å². The predicted octanol–water partition coefficient (Wildman–Crippen LogP) is 2.77. The van der Waals surface area contributed by atoms with Gasteiger partial charge in [0, 0.05) is 11.1 Å². The van der Waals surface area contributed by atoms with Crippen molar-refractivity contribution in [3.05, 3.63) is 77.7 Å². The smallest absolute Gasteiger partial charge is 0.331 e. The maximum atomic E-state index is 12.2. The second-order valence-corrected chi connectivity index (χ2v) is 5.45. The Bertz CT molecular complexity index is 733. The summed E-state index contributed by atoms with van der Waals surface area (Å²) in [5.74, 6) is -0.126. The number of hydrogen-bond acceptors (Lipinski definition) is 4. The van der Waals surface area contributed by atoms with E-state index in [-0.39, 0.29) is 11.5 Å². The molecule has 0 unspecified atom stereocenters. The van der Waals surface area contributed by atoms with Crippen molar-refractivity contribution in [3.8, 4) is 5.75 Å². The number of hydrogen-bond donors (Lipinski definition) is 0. The van der Waals surface area contributed by atoms with Crippen molar-refractivity contribution in [2.75, 3.05) is 0 Å². The molecule has 5 heteroatoms. The largest absolute Gasteiger partial charge is 0.379 e. The third kappa shape index (κ3) is 3.33. The monoisotopic (exact) mass is 288 g/mol. The van der Waals surface area contributed by atoms with Crippen molar-refractivity contribution in [2.24, 2.45) is 0 Å². The van der Waals surface area contributed by atoms with E-state index in [1.165, 1.54) is 12.1 Å². The van der Waals surface area contributed by atoms with Crippen molar-refractivity contribution in [3.63, 3.8) is 0 Å². The molecule has 102 valence electrons. The van der Waals surface area contributed by atoms with Crippen LogP contribution in [0.2, 0.25) is 0 Å². The zero-order valence-electron chi connectivity index (χ0n) is 10.5. The van der Waals surface area contributed by atoms with Gasteiger partial charge in [-0.15, -0.1) is 0 Å². The minimum atomic E-state index is -3.83. The number of carbonyl (C=O) groups excluding carboxylic acids is 1. The van der Waals surface area contributed by atoms with E-state index in [1.807, 2.05) is 6.07 Å². The average molecular weight is 288 g/mol. The van der Waals surface area contributed by atoms with Gasteiger partial charge in [-0.3, -0.25) is 4.79 Å². The predicted molar refractivity (Wildman–Crippen MR) is 76.1 cm³/mol. The molecule has 0 saturated heterocycles. The van der Waals surface area contributed by atoms with Crippen LogP contribution in [0.5, 0.6) is 5.75 Å². The molecular weight excluding hydrogens is 276 g/mol. The Balaban J connectivity index is 2.31. The van der Waals surface area contributed by atoms with Gasteiger partial charge in [0.1, 0.15) is 5.75 Å². The fourth-order valence-electron chi connectivity index (χ4n) is 1.61. The fraction of sp³-hybridized carbons (Fsp3) is 0. The lowest BCUT2D eigenvalue weighted by molar-refractivity contribution is 0.103. The van der Waals surface area contributed by atoms with Gasteiger partial charge < -0.3 is 4.18 Å². The van der Waals surface area contributed by atoms with Crippen LogP contribution < -0.4 is 4.18 Å². The van der Waals surface area contributed by atoms with Crippen LogP contribution in [0.15, 0.2) is 66.6 Å². The maximum Gasteiger partial charge on any atom is 0.331 e. The van der Waals surface area contributed by atoms with Crippen molar-refractivity contribution < 1.29 is 17.4 Å². The average Bonchev–Trinajstić information content (AvgIpc) is 2.47. The van der Waals surface area contributed by atoms with Crippen molar-refractivity contribution in [1.82, 2.24) is 0 Å². The Morgan fingerprint density at radius 2 is 1.65 bits per heavy atom. The van der Waals surface area contributed by atoms with Crippen LogP contribution in [0.3, 0.4) is 0 Å². The van der Waals surface area contributed by atoms with E-state index >= 15 is 0 Å². The maximum absolute atomic E-state index is 12.2. The molecule has 0 saturated carbocycles. The van der Waals surface area contributed by atoms with Gasteiger partial charge in [0.15, 0.2) is 5.78 Å². The molecule has 2 aromatic rings. The molecule has 0 aliphatic carbocycles. The minimum absolute atomic E-state index is 0.0756. The molecule has 0 bridgehead atoms. The van der Waals surface area contributed by atoms with Gasteiger partial charge in [-0.1, -0.05) is 49.0 Å². The quantitative estimate of drug-likeness (QED) is 0.627. The Morgan fingerprint density at radius 1 is 1.00 bits per heavy atom. The first kappa shape index (κ1) is 14.0. The van der Waals surface area contributed by atoms with Gasteiger partial charge >= 0.3 is 10.1 Å². The summed E-state index contributed by atoms with van der Waals surface area (Å²) in [6.45, 7) is 3.15. The highest BCUT2D eigenvalue weighted by Gasteiger charge is 2.12. The summed E-state index contributed by atoms with van der Waals surface area (Å²) in [5.41, 5.74) is 0.879. The molecule has 0 heterocycles. The second-order valence-electron chi connectivity index (χ2n) is 3.97. The number of ketones is 1. The molecule has 20 heavy (non-hydrogen) atoms. The van der Waals surface area contributed by atoms with E-state index in [4.69, 9.17) is 4.18 Å². The standard InChI is InChI=1S/C15H12O4S/c1-2-20(17,18)19-14-10-6-9-13(11-14)15(16)12-7-4-3-5-8-12/h2-11H,1H2. The lowest BCUT2D eigenvalue weighted by atomic mass is 10.0. The second kappa shape index (κ2) is 5.71. The van der Waals surface area contributed by atoms with E-state index in [2.05, 4.69) is 6.58 Å². The molecule has 0 amide bonds. The summed E-state index contributed by atoms with van der Waals surface area (Å²) in [7, 11) is -3.83. The highest BCUT2D eigenvalue weighted by Crippen LogP contribution is 2.18. The zero-order valence-corrected chi connectivity index (χ0v) is 11.3. The zero-order chi connectivity index (χ0) is 14.6. The first-order chi connectivity index (χ1) is 9.52. The van der Waals surface area contributed by atoms with E-state index in [9.17, 15) is 13.2 Å². The third-order valence-electron chi connectivity index (χ3n) is 2.55. The van der Waals surface area contributed by atoms with Crippen LogP contribution >= 0.6 is 0 Å². The first-order valence-corrected chi connectivity index (χ1v) is 7.26. The summed E-state index contributed by atoms with van der Waals surface area (Å²) in [6.07, 6.45) is 0. The lowest BCUT2D eigenvalue weighted by Crippen LogP contribution is -2.06.